The van der Waals surface area contributed by atoms with Gasteiger partial charge in [-0.3, -0.25) is 4.90 Å². The predicted molar refractivity (Wildman–Crippen MR) is 85.1 cm³/mol. The van der Waals surface area contributed by atoms with Gasteiger partial charge in [0.15, 0.2) is 0 Å². The Morgan fingerprint density at radius 2 is 2.15 bits per heavy atom. The van der Waals surface area contributed by atoms with Crippen LogP contribution in [0.4, 0.5) is 0 Å². The molecule has 1 aliphatic heterocycles. The number of hydrogen-bond acceptors (Lipinski definition) is 3. The van der Waals surface area contributed by atoms with Crippen LogP contribution in [0.3, 0.4) is 0 Å². The van der Waals surface area contributed by atoms with Gasteiger partial charge in [-0.1, -0.05) is 18.9 Å². The molecular formula is C17H26N2S. The average molecular weight is 290 g/mol. The lowest BCUT2D eigenvalue weighted by Gasteiger charge is -2.53. The molecule has 110 valence electrons. The summed E-state index contributed by atoms with van der Waals surface area (Å²) in [5.41, 5.74) is 0.823. The van der Waals surface area contributed by atoms with Gasteiger partial charge in [-0.05, 0) is 50.0 Å². The topological polar surface area (TPSA) is 15.3 Å². The summed E-state index contributed by atoms with van der Waals surface area (Å²) in [7, 11) is 0. The molecule has 2 heterocycles. The first-order valence-corrected chi connectivity index (χ1v) is 9.11. The summed E-state index contributed by atoms with van der Waals surface area (Å²) in [5, 5.41) is 6.18. The second-order valence-corrected chi connectivity index (χ2v) is 8.44. The fourth-order valence-corrected chi connectivity index (χ4v) is 5.15. The summed E-state index contributed by atoms with van der Waals surface area (Å²) in [6, 6.07) is 4.51. The van der Waals surface area contributed by atoms with E-state index in [1.165, 1.54) is 63.0 Å². The molecule has 0 bridgehead atoms. The van der Waals surface area contributed by atoms with Crippen molar-refractivity contribution >= 4 is 11.3 Å². The highest BCUT2D eigenvalue weighted by Gasteiger charge is 2.51. The molecule has 1 atom stereocenters. The van der Waals surface area contributed by atoms with Gasteiger partial charge in [-0.15, -0.1) is 11.3 Å². The second-order valence-electron chi connectivity index (χ2n) is 7.41. The minimum Gasteiger partial charge on any atom is -0.308 e. The molecule has 0 radical (unpaired) electrons. The van der Waals surface area contributed by atoms with Crippen molar-refractivity contribution in [1.82, 2.24) is 10.2 Å². The van der Waals surface area contributed by atoms with E-state index in [0.29, 0.717) is 11.1 Å². The molecule has 1 aromatic rings. The number of rotatable bonds is 3. The smallest absolute Gasteiger partial charge is 0.0338 e. The Balaban J connectivity index is 1.58. The van der Waals surface area contributed by atoms with Crippen molar-refractivity contribution in [3.63, 3.8) is 0 Å². The number of thiophene rings is 1. The van der Waals surface area contributed by atoms with Gasteiger partial charge < -0.3 is 5.32 Å². The minimum atomic E-state index is 0.366. The van der Waals surface area contributed by atoms with E-state index < -0.39 is 0 Å². The molecule has 2 nitrogen and oxygen atoms in total. The zero-order chi connectivity index (χ0) is 13.6. The van der Waals surface area contributed by atoms with Crippen molar-refractivity contribution in [2.24, 2.45) is 5.92 Å². The quantitative estimate of drug-likeness (QED) is 0.914. The van der Waals surface area contributed by atoms with Crippen molar-refractivity contribution in [3.05, 3.63) is 22.4 Å². The lowest BCUT2D eigenvalue weighted by Crippen LogP contribution is -2.68. The lowest BCUT2D eigenvalue weighted by molar-refractivity contribution is 0.0000327. The monoisotopic (exact) mass is 290 g/mol. The first-order chi connectivity index (χ1) is 9.70. The number of nitrogens with zero attached hydrogens (tertiary/aromatic N) is 1. The fourth-order valence-electron chi connectivity index (χ4n) is 4.43. The van der Waals surface area contributed by atoms with Gasteiger partial charge in [0.1, 0.15) is 0 Å². The van der Waals surface area contributed by atoms with Crippen LogP contribution >= 0.6 is 11.3 Å². The van der Waals surface area contributed by atoms with E-state index in [1.54, 1.807) is 0 Å². The van der Waals surface area contributed by atoms with E-state index in [1.807, 2.05) is 11.3 Å². The van der Waals surface area contributed by atoms with Crippen LogP contribution in [0.2, 0.25) is 0 Å². The van der Waals surface area contributed by atoms with Gasteiger partial charge >= 0.3 is 0 Å². The molecule has 2 aliphatic carbocycles. The molecule has 20 heavy (non-hydrogen) atoms. The summed E-state index contributed by atoms with van der Waals surface area (Å²) < 4.78 is 0. The van der Waals surface area contributed by atoms with E-state index in [0.717, 1.165) is 5.92 Å². The maximum atomic E-state index is 3.96. The van der Waals surface area contributed by atoms with E-state index in [2.05, 4.69) is 34.7 Å². The Hall–Kier alpha value is -0.380. The van der Waals surface area contributed by atoms with E-state index in [4.69, 9.17) is 0 Å². The van der Waals surface area contributed by atoms with Gasteiger partial charge in [0.25, 0.3) is 0 Å². The fraction of sp³-hybridized carbons (Fsp3) is 0.765. The molecule has 4 rings (SSSR count). The van der Waals surface area contributed by atoms with Gasteiger partial charge in [-0.2, -0.15) is 0 Å². The molecule has 1 N–H and O–H groups in total. The Labute approximate surface area is 126 Å². The molecule has 2 saturated carbocycles. The largest absolute Gasteiger partial charge is 0.308 e. The van der Waals surface area contributed by atoms with Gasteiger partial charge in [0.2, 0.25) is 0 Å². The zero-order valence-corrected chi connectivity index (χ0v) is 13.3. The summed E-state index contributed by atoms with van der Waals surface area (Å²) >= 11 is 1.92. The highest BCUT2D eigenvalue weighted by molar-refractivity contribution is 7.09. The Morgan fingerprint density at radius 3 is 2.80 bits per heavy atom. The molecule has 1 aromatic heterocycles. The van der Waals surface area contributed by atoms with Gasteiger partial charge in [0, 0.05) is 35.6 Å². The molecule has 1 saturated heterocycles. The third-order valence-corrected chi connectivity index (χ3v) is 6.81. The zero-order valence-electron chi connectivity index (χ0n) is 12.5. The average Bonchev–Trinajstić information content (AvgIpc) is 2.99. The number of hydrogen-bond donors (Lipinski definition) is 1. The molecule has 3 fully saturated rings. The summed E-state index contributed by atoms with van der Waals surface area (Å²) in [6.45, 7) is 6.09. The van der Waals surface area contributed by atoms with Crippen LogP contribution in [0.25, 0.3) is 0 Å². The van der Waals surface area contributed by atoms with Crippen LogP contribution in [0, 0.1) is 5.92 Å². The summed E-state index contributed by atoms with van der Waals surface area (Å²) in [6.07, 6.45) is 8.50. The Kier molecular flexibility index (Phi) is 3.21. The van der Waals surface area contributed by atoms with Crippen molar-refractivity contribution in [3.8, 4) is 0 Å². The second kappa shape index (κ2) is 4.82. The first kappa shape index (κ1) is 13.3. The molecule has 1 spiro atoms. The first-order valence-electron chi connectivity index (χ1n) is 8.23. The van der Waals surface area contributed by atoms with Gasteiger partial charge in [-0.25, -0.2) is 0 Å². The van der Waals surface area contributed by atoms with Crippen LogP contribution in [-0.4, -0.2) is 29.1 Å². The predicted octanol–water partition coefficient (Wildman–Crippen LogP) is 3.63. The SMILES string of the molecule is CC1(C2CC2)CN(Cc2cccs2)C2(CCCC2)CN1. The van der Waals surface area contributed by atoms with Crippen molar-refractivity contribution in [1.29, 1.82) is 0 Å². The number of piperazine rings is 1. The standard InChI is InChI=1S/C17H26N2S/c1-16(14-6-7-14)13-19(11-15-5-4-10-20-15)17(12-18-16)8-2-3-9-17/h4-5,10,14,18H,2-3,6-9,11-13H2,1H3. The third-order valence-electron chi connectivity index (χ3n) is 5.95. The lowest BCUT2D eigenvalue weighted by atomic mass is 9.83. The molecule has 3 heteroatoms. The molecule has 0 aromatic carbocycles. The maximum absolute atomic E-state index is 3.96. The minimum absolute atomic E-state index is 0.366. The van der Waals surface area contributed by atoms with Crippen molar-refractivity contribution in [2.75, 3.05) is 13.1 Å². The van der Waals surface area contributed by atoms with Gasteiger partial charge in [0.05, 0.1) is 0 Å². The third kappa shape index (κ3) is 2.24. The van der Waals surface area contributed by atoms with E-state index >= 15 is 0 Å². The van der Waals surface area contributed by atoms with Crippen LogP contribution < -0.4 is 5.32 Å². The molecule has 0 amide bonds. The van der Waals surface area contributed by atoms with Crippen LogP contribution in [0.15, 0.2) is 17.5 Å². The summed E-state index contributed by atoms with van der Waals surface area (Å²) in [5.74, 6) is 0.923. The highest BCUT2D eigenvalue weighted by Crippen LogP contribution is 2.46. The van der Waals surface area contributed by atoms with Crippen LogP contribution in [-0.2, 0) is 6.54 Å². The van der Waals surface area contributed by atoms with E-state index in [9.17, 15) is 0 Å². The van der Waals surface area contributed by atoms with Crippen LogP contribution in [0.1, 0.15) is 50.3 Å². The molecule has 3 aliphatic rings. The highest BCUT2D eigenvalue weighted by atomic mass is 32.1. The van der Waals surface area contributed by atoms with Crippen molar-refractivity contribution < 1.29 is 0 Å². The number of nitrogens with one attached hydrogen (secondary N) is 1. The summed E-state index contributed by atoms with van der Waals surface area (Å²) in [4.78, 5) is 4.39. The van der Waals surface area contributed by atoms with E-state index in [-0.39, 0.29) is 0 Å². The normalized spacial score (nSPS) is 33.9. The molecular weight excluding hydrogens is 264 g/mol. The van der Waals surface area contributed by atoms with Crippen LogP contribution in [0.5, 0.6) is 0 Å². The molecule has 1 unspecified atom stereocenters. The Morgan fingerprint density at radius 1 is 1.35 bits per heavy atom. The maximum Gasteiger partial charge on any atom is 0.0338 e. The van der Waals surface area contributed by atoms with Crippen molar-refractivity contribution in [2.45, 2.75) is 63.1 Å². The Bertz CT molecular complexity index is 459.